The number of rotatable bonds is 6. The van der Waals surface area contributed by atoms with E-state index < -0.39 is 11.5 Å². The summed E-state index contributed by atoms with van der Waals surface area (Å²) < 4.78 is 0. The van der Waals surface area contributed by atoms with Gasteiger partial charge in [-0.15, -0.1) is 0 Å². The molecule has 0 aromatic rings. The summed E-state index contributed by atoms with van der Waals surface area (Å²) in [5, 5.41) is 13.3. The van der Waals surface area contributed by atoms with E-state index in [-0.39, 0.29) is 0 Å². The Morgan fingerprint density at radius 1 is 1.29 bits per heavy atom. The Hall–Kier alpha value is -0.610. The van der Waals surface area contributed by atoms with Crippen molar-refractivity contribution in [1.82, 2.24) is 10.2 Å². The van der Waals surface area contributed by atoms with Gasteiger partial charge >= 0.3 is 5.97 Å². The van der Waals surface area contributed by atoms with Crippen LogP contribution in [0.3, 0.4) is 0 Å². The second-order valence-corrected chi connectivity index (χ2v) is 7.62. The fourth-order valence-corrected chi connectivity index (χ4v) is 4.42. The molecule has 3 aliphatic rings. The average Bonchev–Trinajstić information content (AvgIpc) is 3.15. The van der Waals surface area contributed by atoms with Gasteiger partial charge in [0.2, 0.25) is 0 Å². The number of carbonyl (C=O) groups is 1. The highest BCUT2D eigenvalue weighted by atomic mass is 16.4. The normalized spacial score (nSPS) is 37.8. The van der Waals surface area contributed by atoms with Crippen molar-refractivity contribution in [3.05, 3.63) is 0 Å². The molecule has 3 rings (SSSR count). The van der Waals surface area contributed by atoms with E-state index in [9.17, 15) is 9.90 Å². The molecule has 120 valence electrons. The van der Waals surface area contributed by atoms with Crippen molar-refractivity contribution in [2.24, 2.45) is 11.8 Å². The third kappa shape index (κ3) is 3.42. The maximum atomic E-state index is 11.9. The van der Waals surface area contributed by atoms with Crippen molar-refractivity contribution in [3.63, 3.8) is 0 Å². The molecule has 3 unspecified atom stereocenters. The quantitative estimate of drug-likeness (QED) is 0.790. The number of likely N-dealkylation sites (tertiary alicyclic amines) is 1. The van der Waals surface area contributed by atoms with Crippen molar-refractivity contribution in [2.45, 2.75) is 69.9 Å². The number of carboxylic acid groups (broad SMARTS) is 1. The molecule has 0 amide bonds. The van der Waals surface area contributed by atoms with Gasteiger partial charge in [0.1, 0.15) is 5.54 Å². The van der Waals surface area contributed by atoms with Crippen molar-refractivity contribution in [2.75, 3.05) is 19.6 Å². The highest BCUT2D eigenvalue weighted by Crippen LogP contribution is 2.41. The van der Waals surface area contributed by atoms with Gasteiger partial charge in [-0.1, -0.05) is 13.3 Å². The summed E-state index contributed by atoms with van der Waals surface area (Å²) in [6.07, 6.45) is 8.97. The standard InChI is InChI=1S/C17H30N2O2/c1-13-4-3-10-19(12-13)11-8-14-5-2-9-17(14,16(20)21)18-15-6-7-15/h13-15,18H,2-12H2,1H3,(H,20,21). The number of aliphatic carboxylic acids is 1. The summed E-state index contributed by atoms with van der Waals surface area (Å²) in [7, 11) is 0. The predicted octanol–water partition coefficient (Wildman–Crippen LogP) is 2.48. The lowest BCUT2D eigenvalue weighted by Gasteiger charge is -2.36. The van der Waals surface area contributed by atoms with Crippen molar-refractivity contribution >= 4 is 5.97 Å². The summed E-state index contributed by atoms with van der Waals surface area (Å²) in [5.74, 6) is 0.507. The van der Waals surface area contributed by atoms with Crippen LogP contribution in [0.5, 0.6) is 0 Å². The van der Waals surface area contributed by atoms with E-state index in [4.69, 9.17) is 0 Å². The lowest BCUT2D eigenvalue weighted by molar-refractivity contribution is -0.147. The van der Waals surface area contributed by atoms with Crippen LogP contribution in [0.25, 0.3) is 0 Å². The monoisotopic (exact) mass is 294 g/mol. The zero-order valence-corrected chi connectivity index (χ0v) is 13.3. The molecular formula is C17H30N2O2. The van der Waals surface area contributed by atoms with E-state index in [0.29, 0.717) is 12.0 Å². The van der Waals surface area contributed by atoms with E-state index in [1.54, 1.807) is 0 Å². The number of nitrogens with one attached hydrogen (secondary N) is 1. The Bertz CT molecular complexity index is 383. The molecule has 3 atom stereocenters. The van der Waals surface area contributed by atoms with Gasteiger partial charge in [0, 0.05) is 12.6 Å². The van der Waals surface area contributed by atoms with Crippen molar-refractivity contribution < 1.29 is 9.90 Å². The third-order valence-electron chi connectivity index (χ3n) is 5.78. The molecule has 4 nitrogen and oxygen atoms in total. The molecule has 1 heterocycles. The zero-order chi connectivity index (χ0) is 14.9. The van der Waals surface area contributed by atoms with Crippen LogP contribution < -0.4 is 5.32 Å². The first-order valence-corrected chi connectivity index (χ1v) is 8.83. The van der Waals surface area contributed by atoms with Crippen LogP contribution in [0.15, 0.2) is 0 Å². The molecule has 1 aliphatic heterocycles. The van der Waals surface area contributed by atoms with Gasteiger partial charge < -0.3 is 10.0 Å². The van der Waals surface area contributed by atoms with E-state index in [1.165, 1.54) is 25.9 Å². The molecule has 0 spiro atoms. The fraction of sp³-hybridized carbons (Fsp3) is 0.941. The minimum atomic E-state index is -0.622. The molecule has 3 fully saturated rings. The molecular weight excluding hydrogens is 264 g/mol. The lowest BCUT2D eigenvalue weighted by Crippen LogP contribution is -2.56. The number of nitrogens with zero attached hydrogens (tertiary/aromatic N) is 1. The number of hydrogen-bond acceptors (Lipinski definition) is 3. The van der Waals surface area contributed by atoms with Crippen molar-refractivity contribution in [1.29, 1.82) is 0 Å². The van der Waals surface area contributed by atoms with Crippen LogP contribution in [-0.2, 0) is 4.79 Å². The smallest absolute Gasteiger partial charge is 0.324 e. The first kappa shape index (κ1) is 15.3. The summed E-state index contributed by atoms with van der Waals surface area (Å²) in [6, 6.07) is 0.469. The molecule has 0 aromatic carbocycles. The Labute approximate surface area is 128 Å². The minimum Gasteiger partial charge on any atom is -0.480 e. The van der Waals surface area contributed by atoms with E-state index in [1.807, 2.05) is 0 Å². The van der Waals surface area contributed by atoms with Crippen LogP contribution in [0.1, 0.15) is 58.3 Å². The molecule has 0 bridgehead atoms. The third-order valence-corrected chi connectivity index (χ3v) is 5.78. The minimum absolute atomic E-state index is 0.313. The van der Waals surface area contributed by atoms with E-state index in [2.05, 4.69) is 17.1 Å². The van der Waals surface area contributed by atoms with Gasteiger partial charge in [-0.3, -0.25) is 10.1 Å². The molecule has 2 N–H and O–H groups in total. The fourth-order valence-electron chi connectivity index (χ4n) is 4.42. The van der Waals surface area contributed by atoms with Crippen molar-refractivity contribution in [3.8, 4) is 0 Å². The summed E-state index contributed by atoms with van der Waals surface area (Å²) in [6.45, 7) is 5.81. The molecule has 1 saturated heterocycles. The highest BCUT2D eigenvalue weighted by Gasteiger charge is 2.51. The van der Waals surface area contributed by atoms with Gasteiger partial charge in [-0.05, 0) is 69.9 Å². The number of carboxylic acids is 1. The van der Waals surface area contributed by atoms with Crippen LogP contribution in [0.4, 0.5) is 0 Å². The average molecular weight is 294 g/mol. The SMILES string of the molecule is CC1CCCN(CCC2CCCC2(NC2CC2)C(=O)O)C1. The molecule has 0 radical (unpaired) electrons. The van der Waals surface area contributed by atoms with E-state index in [0.717, 1.165) is 51.0 Å². The van der Waals surface area contributed by atoms with Gasteiger partial charge in [-0.2, -0.15) is 0 Å². The Morgan fingerprint density at radius 2 is 2.10 bits per heavy atom. The molecule has 21 heavy (non-hydrogen) atoms. The summed E-state index contributed by atoms with van der Waals surface area (Å²) in [4.78, 5) is 14.5. The van der Waals surface area contributed by atoms with Crippen LogP contribution in [-0.4, -0.2) is 47.2 Å². The predicted molar refractivity (Wildman–Crippen MR) is 83.3 cm³/mol. The largest absolute Gasteiger partial charge is 0.480 e. The Kier molecular flexibility index (Phi) is 4.55. The topological polar surface area (TPSA) is 52.6 Å². The first-order valence-electron chi connectivity index (χ1n) is 8.83. The van der Waals surface area contributed by atoms with Crippen LogP contribution >= 0.6 is 0 Å². The number of hydrogen-bond donors (Lipinski definition) is 2. The summed E-state index contributed by atoms with van der Waals surface area (Å²) in [5.41, 5.74) is -0.622. The summed E-state index contributed by atoms with van der Waals surface area (Å²) >= 11 is 0. The maximum absolute atomic E-state index is 11.9. The van der Waals surface area contributed by atoms with Gasteiger partial charge in [0.25, 0.3) is 0 Å². The highest BCUT2D eigenvalue weighted by molar-refractivity contribution is 5.80. The number of piperidine rings is 1. The molecule has 2 saturated carbocycles. The maximum Gasteiger partial charge on any atom is 0.324 e. The van der Waals surface area contributed by atoms with Crippen LogP contribution in [0.2, 0.25) is 0 Å². The van der Waals surface area contributed by atoms with Gasteiger partial charge in [0.15, 0.2) is 0 Å². The van der Waals surface area contributed by atoms with E-state index >= 15 is 0 Å². The zero-order valence-electron chi connectivity index (χ0n) is 13.3. The van der Waals surface area contributed by atoms with Gasteiger partial charge in [-0.25, -0.2) is 0 Å². The molecule has 4 heteroatoms. The lowest BCUT2D eigenvalue weighted by atomic mass is 9.84. The van der Waals surface area contributed by atoms with Crippen LogP contribution in [0, 0.1) is 11.8 Å². The second-order valence-electron chi connectivity index (χ2n) is 7.62. The molecule has 0 aromatic heterocycles. The Balaban J connectivity index is 1.58. The van der Waals surface area contributed by atoms with Gasteiger partial charge in [0.05, 0.1) is 0 Å². The first-order chi connectivity index (χ1) is 10.1. The second kappa shape index (κ2) is 6.25. The molecule has 2 aliphatic carbocycles. The Morgan fingerprint density at radius 3 is 2.76 bits per heavy atom.